The molecule has 3 rings (SSSR count). The standard InChI is InChI=1S/C16H17Cl2N3/c1-10(11-5-7-13(17)8-6-11)21(2)15-9-14(18)19-16(20-15)12-3-4-12/h5-10,12H,3-4H2,1-2H3. The monoisotopic (exact) mass is 321 g/mol. The van der Waals surface area contributed by atoms with E-state index in [1.807, 2.05) is 37.4 Å². The molecule has 0 spiro atoms. The number of anilines is 1. The fraction of sp³-hybridized carbons (Fsp3) is 0.375. The number of halogens is 2. The maximum Gasteiger partial charge on any atom is 0.135 e. The van der Waals surface area contributed by atoms with Crippen LogP contribution in [0.15, 0.2) is 30.3 Å². The Morgan fingerprint density at radius 1 is 1.14 bits per heavy atom. The zero-order valence-corrected chi connectivity index (χ0v) is 13.6. The highest BCUT2D eigenvalue weighted by Gasteiger charge is 2.28. The summed E-state index contributed by atoms with van der Waals surface area (Å²) in [6.45, 7) is 2.13. The molecule has 0 N–H and O–H groups in total. The van der Waals surface area contributed by atoms with Crippen molar-refractivity contribution in [3.05, 3.63) is 51.9 Å². The summed E-state index contributed by atoms with van der Waals surface area (Å²) >= 11 is 12.1. The van der Waals surface area contributed by atoms with Crippen LogP contribution in [0.3, 0.4) is 0 Å². The van der Waals surface area contributed by atoms with Crippen molar-refractivity contribution in [2.75, 3.05) is 11.9 Å². The van der Waals surface area contributed by atoms with Gasteiger partial charge in [-0.3, -0.25) is 0 Å². The molecule has 2 aromatic rings. The van der Waals surface area contributed by atoms with E-state index in [-0.39, 0.29) is 6.04 Å². The van der Waals surface area contributed by atoms with E-state index in [0.29, 0.717) is 11.1 Å². The Balaban J connectivity index is 1.86. The van der Waals surface area contributed by atoms with Crippen molar-refractivity contribution in [2.24, 2.45) is 0 Å². The van der Waals surface area contributed by atoms with Gasteiger partial charge in [-0.1, -0.05) is 35.3 Å². The molecule has 3 nitrogen and oxygen atoms in total. The minimum Gasteiger partial charge on any atom is -0.353 e. The van der Waals surface area contributed by atoms with Gasteiger partial charge in [0.2, 0.25) is 0 Å². The Labute approximate surface area is 134 Å². The number of hydrogen-bond donors (Lipinski definition) is 0. The zero-order valence-electron chi connectivity index (χ0n) is 12.1. The molecule has 1 atom stereocenters. The van der Waals surface area contributed by atoms with E-state index in [9.17, 15) is 0 Å². The molecule has 1 heterocycles. The van der Waals surface area contributed by atoms with Crippen LogP contribution in [0.1, 0.15) is 43.1 Å². The van der Waals surface area contributed by atoms with E-state index < -0.39 is 0 Å². The molecular formula is C16H17Cl2N3. The summed E-state index contributed by atoms with van der Waals surface area (Å²) in [5.41, 5.74) is 1.18. The summed E-state index contributed by atoms with van der Waals surface area (Å²) in [7, 11) is 2.02. The van der Waals surface area contributed by atoms with E-state index in [1.165, 1.54) is 5.56 Å². The number of nitrogens with zero attached hydrogens (tertiary/aromatic N) is 3. The van der Waals surface area contributed by atoms with Crippen molar-refractivity contribution in [3.63, 3.8) is 0 Å². The summed E-state index contributed by atoms with van der Waals surface area (Å²) in [6, 6.07) is 9.88. The molecule has 1 saturated carbocycles. The van der Waals surface area contributed by atoms with Gasteiger partial charge in [0.05, 0.1) is 6.04 Å². The average molecular weight is 322 g/mol. The van der Waals surface area contributed by atoms with Gasteiger partial charge in [-0.25, -0.2) is 9.97 Å². The molecule has 0 amide bonds. The van der Waals surface area contributed by atoms with Gasteiger partial charge in [0.25, 0.3) is 0 Å². The molecular weight excluding hydrogens is 305 g/mol. The lowest BCUT2D eigenvalue weighted by Gasteiger charge is -2.26. The molecule has 0 radical (unpaired) electrons. The van der Waals surface area contributed by atoms with Gasteiger partial charge in [-0.05, 0) is 37.5 Å². The topological polar surface area (TPSA) is 29.0 Å². The predicted molar refractivity (Wildman–Crippen MR) is 87.3 cm³/mol. The van der Waals surface area contributed by atoms with Crippen LogP contribution in [0.2, 0.25) is 10.2 Å². The van der Waals surface area contributed by atoms with Crippen molar-refractivity contribution in [1.29, 1.82) is 0 Å². The highest BCUT2D eigenvalue weighted by atomic mass is 35.5. The van der Waals surface area contributed by atoms with Crippen LogP contribution >= 0.6 is 23.2 Å². The molecule has 0 aliphatic heterocycles. The minimum absolute atomic E-state index is 0.181. The van der Waals surface area contributed by atoms with Gasteiger partial charge in [-0.2, -0.15) is 0 Å². The molecule has 1 aliphatic carbocycles. The van der Waals surface area contributed by atoms with Crippen LogP contribution in [0.4, 0.5) is 5.82 Å². The lowest BCUT2D eigenvalue weighted by atomic mass is 10.1. The van der Waals surface area contributed by atoms with Crippen LogP contribution in [0, 0.1) is 0 Å². The quantitative estimate of drug-likeness (QED) is 0.753. The second-order valence-electron chi connectivity index (χ2n) is 5.52. The SMILES string of the molecule is CC(c1ccc(Cl)cc1)N(C)c1cc(Cl)nc(C2CC2)n1. The maximum absolute atomic E-state index is 6.14. The fourth-order valence-electron chi connectivity index (χ4n) is 2.29. The Morgan fingerprint density at radius 2 is 1.81 bits per heavy atom. The third kappa shape index (κ3) is 3.30. The van der Waals surface area contributed by atoms with Crippen LogP contribution in [-0.2, 0) is 0 Å². The number of rotatable bonds is 4. The van der Waals surface area contributed by atoms with Crippen LogP contribution < -0.4 is 4.90 Å². The largest absolute Gasteiger partial charge is 0.353 e. The molecule has 5 heteroatoms. The van der Waals surface area contributed by atoms with Gasteiger partial charge >= 0.3 is 0 Å². The van der Waals surface area contributed by atoms with E-state index in [1.54, 1.807) is 0 Å². The second kappa shape index (κ2) is 5.82. The van der Waals surface area contributed by atoms with E-state index in [2.05, 4.69) is 21.8 Å². The van der Waals surface area contributed by atoms with E-state index in [0.717, 1.165) is 29.5 Å². The Kier molecular flexibility index (Phi) is 4.05. The number of benzene rings is 1. The van der Waals surface area contributed by atoms with Crippen molar-refractivity contribution >= 4 is 29.0 Å². The first-order chi connectivity index (χ1) is 10.0. The van der Waals surface area contributed by atoms with Gasteiger partial charge in [0.1, 0.15) is 16.8 Å². The first-order valence-electron chi connectivity index (χ1n) is 7.07. The Morgan fingerprint density at radius 3 is 2.43 bits per heavy atom. The highest BCUT2D eigenvalue weighted by Crippen LogP contribution is 2.39. The molecule has 1 fully saturated rings. The third-order valence-electron chi connectivity index (χ3n) is 3.94. The van der Waals surface area contributed by atoms with Crippen molar-refractivity contribution < 1.29 is 0 Å². The van der Waals surface area contributed by atoms with E-state index in [4.69, 9.17) is 23.2 Å². The zero-order chi connectivity index (χ0) is 15.0. The minimum atomic E-state index is 0.181. The average Bonchev–Trinajstić information content (AvgIpc) is 3.30. The van der Waals surface area contributed by atoms with Gasteiger partial charge in [0.15, 0.2) is 0 Å². The molecule has 21 heavy (non-hydrogen) atoms. The molecule has 1 aromatic carbocycles. The molecule has 1 unspecified atom stereocenters. The third-order valence-corrected chi connectivity index (χ3v) is 4.38. The number of aromatic nitrogens is 2. The first-order valence-corrected chi connectivity index (χ1v) is 7.83. The van der Waals surface area contributed by atoms with Gasteiger partial charge < -0.3 is 4.90 Å². The summed E-state index contributed by atoms with van der Waals surface area (Å²) in [4.78, 5) is 11.1. The maximum atomic E-state index is 6.14. The molecule has 0 bridgehead atoms. The van der Waals surface area contributed by atoms with Crippen LogP contribution in [0.5, 0.6) is 0 Å². The Bertz CT molecular complexity index is 638. The van der Waals surface area contributed by atoms with Crippen molar-refractivity contribution in [2.45, 2.75) is 31.7 Å². The van der Waals surface area contributed by atoms with E-state index >= 15 is 0 Å². The number of hydrogen-bond acceptors (Lipinski definition) is 3. The predicted octanol–water partition coefficient (Wildman–Crippen LogP) is 4.86. The molecule has 1 aromatic heterocycles. The summed E-state index contributed by atoms with van der Waals surface area (Å²) in [5, 5.41) is 1.26. The van der Waals surface area contributed by atoms with Crippen molar-refractivity contribution in [1.82, 2.24) is 9.97 Å². The lowest BCUT2D eigenvalue weighted by Crippen LogP contribution is -2.23. The summed E-state index contributed by atoms with van der Waals surface area (Å²) < 4.78 is 0. The fourth-order valence-corrected chi connectivity index (χ4v) is 2.60. The Hall–Kier alpha value is -1.32. The van der Waals surface area contributed by atoms with Crippen LogP contribution in [0.25, 0.3) is 0 Å². The molecule has 0 saturated heterocycles. The first kappa shape index (κ1) is 14.6. The normalized spacial score (nSPS) is 15.8. The van der Waals surface area contributed by atoms with Crippen LogP contribution in [-0.4, -0.2) is 17.0 Å². The van der Waals surface area contributed by atoms with Crippen molar-refractivity contribution in [3.8, 4) is 0 Å². The lowest BCUT2D eigenvalue weighted by molar-refractivity contribution is 0.721. The van der Waals surface area contributed by atoms with Gasteiger partial charge in [0, 0.05) is 24.1 Å². The smallest absolute Gasteiger partial charge is 0.135 e. The molecule has 1 aliphatic rings. The summed E-state index contributed by atoms with van der Waals surface area (Å²) in [5.74, 6) is 2.22. The summed E-state index contributed by atoms with van der Waals surface area (Å²) in [6.07, 6.45) is 2.33. The van der Waals surface area contributed by atoms with Gasteiger partial charge in [-0.15, -0.1) is 0 Å². The second-order valence-corrected chi connectivity index (χ2v) is 6.34. The highest BCUT2D eigenvalue weighted by molar-refractivity contribution is 6.30. The molecule has 110 valence electrons.